The molecule has 1 aromatic heterocycles. The van der Waals surface area contributed by atoms with Gasteiger partial charge in [0, 0.05) is 10.8 Å². The molecule has 0 radical (unpaired) electrons. The van der Waals surface area contributed by atoms with Gasteiger partial charge in [-0.3, -0.25) is 4.79 Å². The van der Waals surface area contributed by atoms with Crippen LogP contribution in [0.2, 0.25) is 0 Å². The monoisotopic (exact) mass is 256 g/mol. The van der Waals surface area contributed by atoms with E-state index in [0.29, 0.717) is 11.7 Å². The predicted molar refractivity (Wildman–Crippen MR) is 75.3 cm³/mol. The van der Waals surface area contributed by atoms with Crippen LogP contribution in [0.15, 0.2) is 42.5 Å². The number of hydrogen-bond donors (Lipinski definition) is 0. The molecule has 1 fully saturated rings. The van der Waals surface area contributed by atoms with Crippen molar-refractivity contribution in [1.82, 2.24) is 0 Å². The van der Waals surface area contributed by atoms with Crippen LogP contribution in [0.3, 0.4) is 0 Å². The minimum absolute atomic E-state index is 0.218. The third-order valence-electron chi connectivity index (χ3n) is 3.61. The lowest BCUT2D eigenvalue weighted by molar-refractivity contribution is 0.0969. The second-order valence-corrected chi connectivity index (χ2v) is 6.01. The minimum Gasteiger partial charge on any atom is -0.293 e. The molecule has 0 saturated heterocycles. The van der Waals surface area contributed by atoms with Gasteiger partial charge in [-0.2, -0.15) is 0 Å². The van der Waals surface area contributed by atoms with Gasteiger partial charge < -0.3 is 0 Å². The summed E-state index contributed by atoms with van der Waals surface area (Å²) in [6.45, 7) is 2.13. The average molecular weight is 256 g/mol. The van der Waals surface area contributed by atoms with Gasteiger partial charge in [-0.25, -0.2) is 0 Å². The molecule has 1 aromatic carbocycles. The Labute approximate surface area is 111 Å². The van der Waals surface area contributed by atoms with Gasteiger partial charge in [0.25, 0.3) is 0 Å². The van der Waals surface area contributed by atoms with Crippen molar-refractivity contribution in [2.75, 3.05) is 0 Å². The molecule has 0 amide bonds. The zero-order chi connectivity index (χ0) is 12.5. The Balaban J connectivity index is 1.73. The van der Waals surface area contributed by atoms with Crippen LogP contribution >= 0.6 is 11.3 Å². The quantitative estimate of drug-likeness (QED) is 0.745. The molecule has 0 aliphatic heterocycles. The molecule has 0 N–H and O–H groups in total. The highest BCUT2D eigenvalue weighted by atomic mass is 32.1. The van der Waals surface area contributed by atoms with Gasteiger partial charge in [0.1, 0.15) is 0 Å². The third kappa shape index (κ3) is 2.13. The molecule has 1 aliphatic carbocycles. The van der Waals surface area contributed by atoms with E-state index in [1.54, 1.807) is 11.3 Å². The van der Waals surface area contributed by atoms with E-state index in [1.165, 1.54) is 10.4 Å². The Morgan fingerprint density at radius 1 is 1.22 bits per heavy atom. The molecule has 1 saturated carbocycles. The van der Waals surface area contributed by atoms with Crippen LogP contribution in [0, 0.1) is 5.92 Å². The van der Waals surface area contributed by atoms with Gasteiger partial charge in [-0.1, -0.05) is 37.3 Å². The number of thiophene rings is 1. The number of ketones is 1. The number of rotatable bonds is 4. The largest absolute Gasteiger partial charge is 0.293 e. The number of carbonyl (C=O) groups is 1. The van der Waals surface area contributed by atoms with Gasteiger partial charge in [-0.15, -0.1) is 11.3 Å². The van der Waals surface area contributed by atoms with E-state index < -0.39 is 0 Å². The Morgan fingerprint density at radius 2 is 2.00 bits per heavy atom. The van der Waals surface area contributed by atoms with Crippen LogP contribution in [0.5, 0.6) is 0 Å². The molecule has 18 heavy (non-hydrogen) atoms. The van der Waals surface area contributed by atoms with E-state index in [-0.39, 0.29) is 5.92 Å². The van der Waals surface area contributed by atoms with Crippen LogP contribution in [-0.4, -0.2) is 5.78 Å². The lowest BCUT2D eigenvalue weighted by atomic mass is 10.1. The lowest BCUT2D eigenvalue weighted by Gasteiger charge is -1.98. The fourth-order valence-electron chi connectivity index (χ4n) is 2.44. The topological polar surface area (TPSA) is 17.1 Å². The van der Waals surface area contributed by atoms with E-state index >= 15 is 0 Å². The molecule has 1 aliphatic rings. The molecule has 0 spiro atoms. The molecule has 2 aromatic rings. The standard InChI is InChI=1S/C16H16OS/c1-2-12-8-9-15(18-12)16(17)14-10-13(14)11-6-4-3-5-7-11/h3-9,13-14H,2,10H2,1H3. The Kier molecular flexibility index (Phi) is 3.04. The first-order valence-corrected chi connectivity index (χ1v) is 7.29. The second-order valence-electron chi connectivity index (χ2n) is 4.84. The van der Waals surface area contributed by atoms with Crippen molar-refractivity contribution >= 4 is 17.1 Å². The summed E-state index contributed by atoms with van der Waals surface area (Å²) in [7, 11) is 0. The third-order valence-corrected chi connectivity index (χ3v) is 4.85. The SMILES string of the molecule is CCc1ccc(C(=O)C2CC2c2ccccc2)s1. The van der Waals surface area contributed by atoms with E-state index in [2.05, 4.69) is 37.3 Å². The molecule has 2 atom stereocenters. The number of benzene rings is 1. The number of aryl methyl sites for hydroxylation is 1. The normalized spacial score (nSPS) is 21.8. The zero-order valence-corrected chi connectivity index (χ0v) is 11.2. The highest BCUT2D eigenvalue weighted by Gasteiger charge is 2.44. The van der Waals surface area contributed by atoms with E-state index in [4.69, 9.17) is 0 Å². The van der Waals surface area contributed by atoms with Gasteiger partial charge in [0.15, 0.2) is 5.78 Å². The number of Topliss-reactive ketones (excluding diaryl/α,β-unsaturated/α-hetero) is 1. The van der Waals surface area contributed by atoms with Crippen LogP contribution in [0.1, 0.15) is 39.4 Å². The Bertz CT molecular complexity index is 555. The molecule has 2 unspecified atom stereocenters. The second kappa shape index (κ2) is 4.69. The summed E-state index contributed by atoms with van der Waals surface area (Å²) in [5, 5.41) is 0. The van der Waals surface area contributed by atoms with Crippen molar-refractivity contribution in [2.45, 2.75) is 25.7 Å². The summed E-state index contributed by atoms with van der Waals surface area (Å²) < 4.78 is 0. The van der Waals surface area contributed by atoms with Gasteiger partial charge >= 0.3 is 0 Å². The fraction of sp³-hybridized carbons (Fsp3) is 0.312. The first-order valence-electron chi connectivity index (χ1n) is 6.47. The first-order chi connectivity index (χ1) is 8.79. The lowest BCUT2D eigenvalue weighted by Crippen LogP contribution is -2.00. The van der Waals surface area contributed by atoms with Crippen molar-refractivity contribution in [3.05, 3.63) is 57.8 Å². The highest BCUT2D eigenvalue weighted by molar-refractivity contribution is 7.14. The van der Waals surface area contributed by atoms with E-state index in [0.717, 1.165) is 17.7 Å². The van der Waals surface area contributed by atoms with Crippen molar-refractivity contribution in [3.63, 3.8) is 0 Å². The van der Waals surface area contributed by atoms with Gasteiger partial charge in [0.05, 0.1) is 4.88 Å². The van der Waals surface area contributed by atoms with E-state index in [1.807, 2.05) is 12.1 Å². The van der Waals surface area contributed by atoms with Gasteiger partial charge in [0.2, 0.25) is 0 Å². The summed E-state index contributed by atoms with van der Waals surface area (Å²) in [5.74, 6) is 1.01. The molecular formula is C16H16OS. The number of hydrogen-bond acceptors (Lipinski definition) is 2. The maximum absolute atomic E-state index is 12.3. The predicted octanol–water partition coefficient (Wildman–Crippen LogP) is 4.30. The Hall–Kier alpha value is -1.41. The number of carbonyl (C=O) groups excluding carboxylic acids is 1. The fourth-order valence-corrected chi connectivity index (χ4v) is 3.39. The molecule has 1 heterocycles. The average Bonchev–Trinajstić information content (AvgIpc) is 3.08. The molecule has 3 rings (SSSR count). The van der Waals surface area contributed by atoms with Crippen molar-refractivity contribution in [3.8, 4) is 0 Å². The smallest absolute Gasteiger partial charge is 0.176 e. The van der Waals surface area contributed by atoms with Crippen LogP contribution in [0.25, 0.3) is 0 Å². The van der Waals surface area contributed by atoms with E-state index in [9.17, 15) is 4.79 Å². The molecule has 0 bridgehead atoms. The van der Waals surface area contributed by atoms with Crippen molar-refractivity contribution < 1.29 is 4.79 Å². The summed E-state index contributed by atoms with van der Waals surface area (Å²) in [6, 6.07) is 14.5. The molecule has 92 valence electrons. The summed E-state index contributed by atoms with van der Waals surface area (Å²) >= 11 is 1.66. The molecule has 2 heteroatoms. The maximum atomic E-state index is 12.3. The van der Waals surface area contributed by atoms with Crippen molar-refractivity contribution in [1.29, 1.82) is 0 Å². The van der Waals surface area contributed by atoms with Crippen LogP contribution < -0.4 is 0 Å². The highest BCUT2D eigenvalue weighted by Crippen LogP contribution is 2.49. The molecular weight excluding hydrogens is 240 g/mol. The summed E-state index contributed by atoms with van der Waals surface area (Å²) in [4.78, 5) is 14.6. The summed E-state index contributed by atoms with van der Waals surface area (Å²) in [6.07, 6.45) is 2.03. The minimum atomic E-state index is 0.218. The zero-order valence-electron chi connectivity index (χ0n) is 10.4. The van der Waals surface area contributed by atoms with Crippen LogP contribution in [0.4, 0.5) is 0 Å². The maximum Gasteiger partial charge on any atom is 0.176 e. The Morgan fingerprint density at radius 3 is 2.67 bits per heavy atom. The molecule has 1 nitrogen and oxygen atoms in total. The first kappa shape index (κ1) is 11.7. The summed E-state index contributed by atoms with van der Waals surface area (Å²) in [5.41, 5.74) is 1.31. The van der Waals surface area contributed by atoms with Crippen LogP contribution in [-0.2, 0) is 6.42 Å². The van der Waals surface area contributed by atoms with Crippen molar-refractivity contribution in [2.24, 2.45) is 5.92 Å². The van der Waals surface area contributed by atoms with Gasteiger partial charge in [-0.05, 0) is 36.5 Å².